The number of nitrogens with zero attached hydrogens (tertiary/aromatic N) is 4. The maximum Gasteiger partial charge on any atom is 0.280 e. The number of rotatable bonds is 5. The van der Waals surface area contributed by atoms with Crippen LogP contribution in [0.3, 0.4) is 0 Å². The van der Waals surface area contributed by atoms with Crippen LogP contribution in [0.2, 0.25) is 0 Å². The molecule has 0 spiro atoms. The van der Waals surface area contributed by atoms with Gasteiger partial charge in [0.1, 0.15) is 11.5 Å². The summed E-state index contributed by atoms with van der Waals surface area (Å²) in [5.74, 6) is 0.838. The van der Waals surface area contributed by atoms with Crippen molar-refractivity contribution in [1.29, 1.82) is 5.26 Å². The first kappa shape index (κ1) is 18.4. The number of methoxy groups -OCH3 is 1. The van der Waals surface area contributed by atoms with Gasteiger partial charge in [-0.3, -0.25) is 4.79 Å². The standard InChI is InChI=1S/C21H14N4O3S/c1-27-16-8-9-18-19(11-16)29-21(24-18)25(23-13-17-3-2-10-28-17)20(26)15-6-4-14(12-22)5-7-15/h2-11,13H,1H3/b23-13-. The molecule has 2 heterocycles. The summed E-state index contributed by atoms with van der Waals surface area (Å²) in [6.07, 6.45) is 2.98. The third-order valence-corrected chi connectivity index (χ3v) is 5.06. The summed E-state index contributed by atoms with van der Waals surface area (Å²) in [6.45, 7) is 0. The van der Waals surface area contributed by atoms with Gasteiger partial charge in [-0.25, -0.2) is 4.98 Å². The number of carbonyl (C=O) groups is 1. The lowest BCUT2D eigenvalue weighted by Gasteiger charge is -2.13. The van der Waals surface area contributed by atoms with E-state index in [-0.39, 0.29) is 5.91 Å². The highest BCUT2D eigenvalue weighted by Crippen LogP contribution is 2.32. The molecule has 2 aromatic heterocycles. The van der Waals surface area contributed by atoms with Gasteiger partial charge in [-0.05, 0) is 54.6 Å². The van der Waals surface area contributed by atoms with E-state index in [4.69, 9.17) is 14.4 Å². The van der Waals surface area contributed by atoms with Crippen LogP contribution in [0.15, 0.2) is 70.4 Å². The molecule has 4 rings (SSSR count). The van der Waals surface area contributed by atoms with Crippen molar-refractivity contribution in [2.45, 2.75) is 0 Å². The molecular formula is C21H14N4O3S. The Morgan fingerprint density at radius 1 is 1.28 bits per heavy atom. The van der Waals surface area contributed by atoms with Crippen molar-refractivity contribution in [2.75, 3.05) is 12.1 Å². The Balaban J connectivity index is 1.75. The van der Waals surface area contributed by atoms with Crippen molar-refractivity contribution in [3.63, 3.8) is 0 Å². The Morgan fingerprint density at radius 3 is 2.79 bits per heavy atom. The van der Waals surface area contributed by atoms with E-state index in [1.165, 1.54) is 28.8 Å². The zero-order valence-corrected chi connectivity index (χ0v) is 16.1. The number of aromatic nitrogens is 1. The largest absolute Gasteiger partial charge is 0.497 e. The number of hydrogen-bond acceptors (Lipinski definition) is 7. The van der Waals surface area contributed by atoms with E-state index in [0.717, 1.165) is 10.2 Å². The molecule has 0 unspecified atom stereocenters. The summed E-state index contributed by atoms with van der Waals surface area (Å²) >= 11 is 1.32. The van der Waals surface area contributed by atoms with Gasteiger partial charge in [0.2, 0.25) is 5.13 Å². The zero-order valence-electron chi connectivity index (χ0n) is 15.3. The van der Waals surface area contributed by atoms with E-state index in [1.807, 2.05) is 24.3 Å². The number of nitriles is 1. The average molecular weight is 402 g/mol. The summed E-state index contributed by atoms with van der Waals surface area (Å²) in [5.41, 5.74) is 1.59. The van der Waals surface area contributed by atoms with Crippen LogP contribution >= 0.6 is 11.3 Å². The minimum atomic E-state index is -0.372. The first-order chi connectivity index (χ1) is 14.2. The van der Waals surface area contributed by atoms with Crippen molar-refractivity contribution in [1.82, 2.24) is 4.98 Å². The lowest BCUT2D eigenvalue weighted by molar-refractivity contribution is 0.0988. The van der Waals surface area contributed by atoms with E-state index in [0.29, 0.717) is 27.8 Å². The summed E-state index contributed by atoms with van der Waals surface area (Å²) in [4.78, 5) is 17.7. The van der Waals surface area contributed by atoms with Gasteiger partial charge in [0.15, 0.2) is 0 Å². The third kappa shape index (κ3) is 3.85. The molecule has 0 radical (unpaired) electrons. The van der Waals surface area contributed by atoms with Crippen molar-refractivity contribution < 1.29 is 13.9 Å². The molecule has 0 saturated heterocycles. The normalized spacial score (nSPS) is 10.9. The van der Waals surface area contributed by atoms with Crippen molar-refractivity contribution in [3.8, 4) is 11.8 Å². The van der Waals surface area contributed by atoms with Crippen molar-refractivity contribution in [2.24, 2.45) is 5.10 Å². The molecule has 1 amide bonds. The monoisotopic (exact) mass is 402 g/mol. The van der Waals surface area contributed by atoms with Gasteiger partial charge in [-0.2, -0.15) is 15.4 Å². The van der Waals surface area contributed by atoms with Crippen LogP contribution in [0.1, 0.15) is 21.7 Å². The first-order valence-electron chi connectivity index (χ1n) is 8.54. The second kappa shape index (κ2) is 7.96. The van der Waals surface area contributed by atoms with Crippen LogP contribution < -0.4 is 9.75 Å². The Hall–Kier alpha value is -3.96. The number of carbonyl (C=O) groups excluding carboxylic acids is 1. The van der Waals surface area contributed by atoms with Crippen molar-refractivity contribution >= 4 is 38.8 Å². The van der Waals surface area contributed by atoms with E-state index in [1.54, 1.807) is 43.5 Å². The fraction of sp³-hybridized carbons (Fsp3) is 0.0476. The van der Waals surface area contributed by atoms with Gasteiger partial charge >= 0.3 is 0 Å². The number of hydrogen-bond donors (Lipinski definition) is 0. The maximum absolute atomic E-state index is 13.1. The Bertz CT molecular complexity index is 1220. The quantitative estimate of drug-likeness (QED) is 0.363. The molecule has 142 valence electrons. The zero-order chi connectivity index (χ0) is 20.2. The van der Waals surface area contributed by atoms with E-state index in [9.17, 15) is 4.79 Å². The molecule has 0 aliphatic heterocycles. The Morgan fingerprint density at radius 2 is 2.10 bits per heavy atom. The van der Waals surface area contributed by atoms with Gasteiger partial charge in [-0.15, -0.1) is 0 Å². The van der Waals surface area contributed by atoms with E-state index >= 15 is 0 Å². The van der Waals surface area contributed by atoms with Crippen molar-refractivity contribution in [3.05, 3.63) is 77.7 Å². The smallest absolute Gasteiger partial charge is 0.280 e. The fourth-order valence-corrected chi connectivity index (χ4v) is 3.54. The molecular weight excluding hydrogens is 388 g/mol. The lowest BCUT2D eigenvalue weighted by Crippen LogP contribution is -2.25. The number of ether oxygens (including phenoxy) is 1. The van der Waals surface area contributed by atoms with Gasteiger partial charge in [0.05, 0.1) is 41.4 Å². The molecule has 0 aliphatic rings. The lowest BCUT2D eigenvalue weighted by atomic mass is 10.1. The maximum atomic E-state index is 13.1. The first-order valence-corrected chi connectivity index (χ1v) is 9.36. The Kier molecular flexibility index (Phi) is 5.05. The SMILES string of the molecule is COc1ccc2nc(N(/N=C\c3ccco3)C(=O)c3ccc(C#N)cc3)sc2c1. The van der Waals surface area contributed by atoms with Gasteiger partial charge in [-0.1, -0.05) is 11.3 Å². The summed E-state index contributed by atoms with van der Waals surface area (Å²) in [5, 5.41) is 14.9. The molecule has 0 bridgehead atoms. The average Bonchev–Trinajstić information content (AvgIpc) is 3.43. The van der Waals surface area contributed by atoms with E-state index < -0.39 is 0 Å². The highest BCUT2D eigenvalue weighted by molar-refractivity contribution is 7.22. The van der Waals surface area contributed by atoms with Crippen LogP contribution in [-0.4, -0.2) is 24.2 Å². The molecule has 8 heteroatoms. The predicted octanol–water partition coefficient (Wildman–Crippen LogP) is 4.45. The summed E-state index contributed by atoms with van der Waals surface area (Å²) < 4.78 is 11.4. The molecule has 0 atom stereocenters. The molecule has 0 saturated carbocycles. The molecule has 0 fully saturated rings. The number of thiazole rings is 1. The van der Waals surface area contributed by atoms with Crippen LogP contribution in [-0.2, 0) is 0 Å². The fourth-order valence-electron chi connectivity index (χ4n) is 2.59. The third-order valence-electron chi connectivity index (χ3n) is 4.06. The van der Waals surface area contributed by atoms with Gasteiger partial charge in [0.25, 0.3) is 5.91 Å². The topological polar surface area (TPSA) is 91.7 Å². The van der Waals surface area contributed by atoms with Crippen LogP contribution in [0.5, 0.6) is 5.75 Å². The molecule has 2 aromatic carbocycles. The highest BCUT2D eigenvalue weighted by Gasteiger charge is 2.21. The molecule has 0 aliphatic carbocycles. The number of benzene rings is 2. The minimum absolute atomic E-state index is 0.372. The Labute approximate surface area is 170 Å². The molecule has 4 aromatic rings. The number of anilines is 1. The summed E-state index contributed by atoms with van der Waals surface area (Å²) in [6, 6.07) is 17.4. The number of fused-ring (bicyclic) bond motifs is 1. The highest BCUT2D eigenvalue weighted by atomic mass is 32.1. The second-order valence-corrected chi connectivity index (χ2v) is 6.91. The number of amides is 1. The molecule has 0 N–H and O–H groups in total. The number of hydrazone groups is 1. The molecule has 7 nitrogen and oxygen atoms in total. The molecule has 29 heavy (non-hydrogen) atoms. The van der Waals surface area contributed by atoms with Crippen LogP contribution in [0, 0.1) is 11.3 Å². The second-order valence-electron chi connectivity index (χ2n) is 5.90. The van der Waals surface area contributed by atoms with E-state index in [2.05, 4.69) is 10.1 Å². The predicted molar refractivity (Wildman–Crippen MR) is 110 cm³/mol. The number of furan rings is 1. The van der Waals surface area contributed by atoms with Gasteiger partial charge < -0.3 is 9.15 Å². The summed E-state index contributed by atoms with van der Waals surface area (Å²) in [7, 11) is 1.59. The van der Waals surface area contributed by atoms with Crippen LogP contribution in [0.4, 0.5) is 5.13 Å². The van der Waals surface area contributed by atoms with Gasteiger partial charge in [0, 0.05) is 5.56 Å². The van der Waals surface area contributed by atoms with Crippen LogP contribution in [0.25, 0.3) is 10.2 Å². The minimum Gasteiger partial charge on any atom is -0.497 e.